The second-order valence-corrected chi connectivity index (χ2v) is 14.9. The van der Waals surface area contributed by atoms with Gasteiger partial charge in [-0.25, -0.2) is 23.7 Å². The first-order chi connectivity index (χ1) is 15.8. The fourth-order valence-corrected chi connectivity index (χ4v) is 4.61. The minimum absolute atomic E-state index is 0.00406. The molecule has 0 aliphatic heterocycles. The van der Waals surface area contributed by atoms with E-state index >= 15 is 0 Å². The molecule has 0 aromatic carbocycles. The molecule has 0 saturated carbocycles. The number of anilines is 1. The topological polar surface area (TPSA) is 73.1 Å². The van der Waals surface area contributed by atoms with Crippen molar-refractivity contribution in [3.05, 3.63) is 46.6 Å². The largest absolute Gasteiger partial charge is 0.415 e. The van der Waals surface area contributed by atoms with Crippen molar-refractivity contribution in [1.29, 1.82) is 0 Å². The molecule has 3 aromatic rings. The Labute approximate surface area is 208 Å². The highest BCUT2D eigenvalue weighted by Gasteiger charge is 2.37. The lowest BCUT2D eigenvalue weighted by molar-refractivity contribution is 0.0965. The zero-order chi connectivity index (χ0) is 25.3. The molecule has 34 heavy (non-hydrogen) atoms. The van der Waals surface area contributed by atoms with Gasteiger partial charge in [-0.15, -0.1) is 0 Å². The molecule has 0 atom stereocenters. The summed E-state index contributed by atoms with van der Waals surface area (Å²) in [5.74, 6) is -0.647. The summed E-state index contributed by atoms with van der Waals surface area (Å²) in [6.45, 7) is 10.1. The molecule has 7 nitrogen and oxygen atoms in total. The first-order valence-corrected chi connectivity index (χ1v) is 14.3. The zero-order valence-corrected chi connectivity index (χ0v) is 22.2. The molecule has 0 unspecified atom stereocenters. The maximum Gasteiger partial charge on any atom is 0.297 e. The lowest BCUT2D eigenvalue weighted by Gasteiger charge is -2.36. The number of nitrogens with zero attached hydrogens (tertiary/aromatic N) is 5. The average Bonchev–Trinajstić information content (AvgIpc) is 3.07. The molecule has 0 aliphatic rings. The Bertz CT molecular complexity index is 1160. The minimum atomic E-state index is -2.66. The second-order valence-electron chi connectivity index (χ2n) is 9.32. The molecule has 0 N–H and O–H groups in total. The Morgan fingerprint density at radius 3 is 2.44 bits per heavy atom. The van der Waals surface area contributed by atoms with E-state index in [-0.39, 0.29) is 40.1 Å². The number of carbonyl (C=O) groups is 1. The molecule has 0 radical (unpaired) electrons. The van der Waals surface area contributed by atoms with E-state index in [9.17, 15) is 13.6 Å². The predicted molar refractivity (Wildman–Crippen MR) is 133 cm³/mol. The van der Waals surface area contributed by atoms with Crippen LogP contribution in [0.1, 0.15) is 31.4 Å². The van der Waals surface area contributed by atoms with E-state index in [1.54, 1.807) is 18.2 Å². The molecule has 0 spiro atoms. The van der Waals surface area contributed by atoms with Gasteiger partial charge in [-0.3, -0.25) is 9.69 Å². The standard InChI is InChI=1S/C22H27Cl2F2N5O2Si/c1-22(2,3)34(4,5)33-10-9-30(21(32)19-28-15(23)12-16(24)29-19)18-11-14-7-6-8-27-20(14)31(18)13-17(25)26/h6-8,11-12,17H,9-10,13H2,1-5H3. The second kappa shape index (κ2) is 10.2. The number of pyridine rings is 1. The summed E-state index contributed by atoms with van der Waals surface area (Å²) in [5.41, 5.74) is 0.339. The van der Waals surface area contributed by atoms with Crippen LogP contribution in [-0.4, -0.2) is 53.3 Å². The van der Waals surface area contributed by atoms with Crippen LogP contribution in [0.15, 0.2) is 30.5 Å². The summed E-state index contributed by atoms with van der Waals surface area (Å²) in [6, 6.07) is 6.39. The van der Waals surface area contributed by atoms with Crippen molar-refractivity contribution in [2.45, 2.75) is 51.9 Å². The van der Waals surface area contributed by atoms with Gasteiger partial charge in [-0.05, 0) is 36.3 Å². The van der Waals surface area contributed by atoms with Gasteiger partial charge in [0.15, 0.2) is 8.32 Å². The fraction of sp³-hybridized carbons (Fsp3) is 0.455. The van der Waals surface area contributed by atoms with Gasteiger partial charge in [0.1, 0.15) is 21.8 Å². The average molecular weight is 530 g/mol. The Hall–Kier alpha value is -2.14. The Kier molecular flexibility index (Phi) is 7.96. The van der Waals surface area contributed by atoms with Crippen molar-refractivity contribution in [2.24, 2.45) is 0 Å². The lowest BCUT2D eigenvalue weighted by Crippen LogP contribution is -2.44. The molecular weight excluding hydrogens is 503 g/mol. The Balaban J connectivity index is 2.05. The van der Waals surface area contributed by atoms with Crippen LogP contribution in [0, 0.1) is 0 Å². The molecule has 0 aliphatic carbocycles. The predicted octanol–water partition coefficient (Wildman–Crippen LogP) is 6.07. The maximum absolute atomic E-state index is 13.5. The molecular formula is C22H27Cl2F2N5O2Si. The van der Waals surface area contributed by atoms with E-state index in [2.05, 4.69) is 48.8 Å². The smallest absolute Gasteiger partial charge is 0.297 e. The lowest BCUT2D eigenvalue weighted by atomic mass is 10.2. The van der Waals surface area contributed by atoms with Crippen LogP contribution < -0.4 is 4.90 Å². The van der Waals surface area contributed by atoms with Crippen molar-refractivity contribution in [3.8, 4) is 0 Å². The molecule has 1 amide bonds. The van der Waals surface area contributed by atoms with E-state index in [0.29, 0.717) is 11.0 Å². The molecule has 3 heterocycles. The van der Waals surface area contributed by atoms with Gasteiger partial charge >= 0.3 is 0 Å². The summed E-state index contributed by atoms with van der Waals surface area (Å²) in [6.07, 6.45) is -1.14. The fourth-order valence-electron chi connectivity index (χ4n) is 3.15. The summed E-state index contributed by atoms with van der Waals surface area (Å²) >= 11 is 12.0. The third kappa shape index (κ3) is 5.91. The number of halogens is 4. The van der Waals surface area contributed by atoms with Crippen molar-refractivity contribution in [1.82, 2.24) is 19.5 Å². The van der Waals surface area contributed by atoms with E-state index < -0.39 is 27.2 Å². The van der Waals surface area contributed by atoms with Gasteiger partial charge in [0, 0.05) is 24.2 Å². The molecule has 0 saturated heterocycles. The highest BCUT2D eigenvalue weighted by atomic mass is 35.5. The minimum Gasteiger partial charge on any atom is -0.415 e. The van der Waals surface area contributed by atoms with Gasteiger partial charge in [0.2, 0.25) is 5.82 Å². The van der Waals surface area contributed by atoms with E-state index in [1.165, 1.54) is 21.7 Å². The third-order valence-electron chi connectivity index (χ3n) is 5.91. The maximum atomic E-state index is 13.5. The number of amides is 1. The van der Waals surface area contributed by atoms with Crippen molar-refractivity contribution < 1.29 is 18.0 Å². The van der Waals surface area contributed by atoms with Gasteiger partial charge in [-0.2, -0.15) is 0 Å². The zero-order valence-electron chi connectivity index (χ0n) is 19.6. The van der Waals surface area contributed by atoms with Gasteiger partial charge in [0.25, 0.3) is 12.3 Å². The van der Waals surface area contributed by atoms with Crippen LogP contribution in [-0.2, 0) is 11.0 Å². The van der Waals surface area contributed by atoms with Crippen LogP contribution in [0.4, 0.5) is 14.6 Å². The summed E-state index contributed by atoms with van der Waals surface area (Å²) in [5, 5.41) is 0.567. The number of carbonyl (C=O) groups excluding carboxylic acids is 1. The number of alkyl halides is 2. The number of hydrogen-bond acceptors (Lipinski definition) is 5. The normalized spacial score (nSPS) is 12.5. The van der Waals surface area contributed by atoms with Crippen LogP contribution in [0.3, 0.4) is 0 Å². The molecule has 184 valence electrons. The number of aromatic nitrogens is 4. The Morgan fingerprint density at radius 1 is 1.21 bits per heavy atom. The van der Waals surface area contributed by atoms with Crippen molar-refractivity contribution in [3.63, 3.8) is 0 Å². The molecule has 0 bridgehead atoms. The van der Waals surface area contributed by atoms with E-state index in [1.807, 2.05) is 0 Å². The first kappa shape index (κ1) is 26.5. The van der Waals surface area contributed by atoms with Crippen LogP contribution in [0.5, 0.6) is 0 Å². The van der Waals surface area contributed by atoms with Gasteiger partial charge in [-0.1, -0.05) is 44.0 Å². The quantitative estimate of drug-likeness (QED) is 0.261. The SMILES string of the molecule is CC(C)(C)[Si](C)(C)OCCN(C(=O)c1nc(Cl)cc(Cl)n1)c1cc2cccnc2n1CC(F)F. The summed E-state index contributed by atoms with van der Waals surface area (Å²) in [7, 11) is -2.13. The van der Waals surface area contributed by atoms with Crippen molar-refractivity contribution >= 4 is 54.3 Å². The van der Waals surface area contributed by atoms with Gasteiger partial charge in [0.05, 0.1) is 13.2 Å². The van der Waals surface area contributed by atoms with Crippen LogP contribution in [0.2, 0.25) is 28.4 Å². The molecule has 12 heteroatoms. The highest BCUT2D eigenvalue weighted by molar-refractivity contribution is 6.74. The Morgan fingerprint density at radius 2 is 1.85 bits per heavy atom. The van der Waals surface area contributed by atoms with E-state index in [0.717, 1.165) is 0 Å². The molecule has 0 fully saturated rings. The number of rotatable bonds is 8. The summed E-state index contributed by atoms with van der Waals surface area (Å²) < 4.78 is 34.6. The summed E-state index contributed by atoms with van der Waals surface area (Å²) in [4.78, 5) is 27.1. The van der Waals surface area contributed by atoms with Crippen molar-refractivity contribution in [2.75, 3.05) is 18.1 Å². The molecule has 3 rings (SSSR count). The van der Waals surface area contributed by atoms with Crippen LogP contribution >= 0.6 is 23.2 Å². The highest BCUT2D eigenvalue weighted by Crippen LogP contribution is 2.36. The monoisotopic (exact) mass is 529 g/mol. The van der Waals surface area contributed by atoms with Crippen LogP contribution in [0.25, 0.3) is 11.0 Å². The molecule has 3 aromatic heterocycles. The first-order valence-electron chi connectivity index (χ1n) is 10.7. The van der Waals surface area contributed by atoms with Gasteiger partial charge < -0.3 is 8.99 Å². The van der Waals surface area contributed by atoms with E-state index in [4.69, 9.17) is 27.6 Å². The number of fused-ring (bicyclic) bond motifs is 1. The number of hydrogen-bond donors (Lipinski definition) is 0. The third-order valence-corrected chi connectivity index (χ3v) is 10.8.